The van der Waals surface area contributed by atoms with Crippen molar-refractivity contribution in [3.05, 3.63) is 53.2 Å². The number of benzene rings is 1. The van der Waals surface area contributed by atoms with Crippen LogP contribution in [0.4, 0.5) is 0 Å². The Bertz CT molecular complexity index is 1060. The minimum Gasteiger partial charge on any atom is -0.472 e. The van der Waals surface area contributed by atoms with Crippen LogP contribution in [0.3, 0.4) is 0 Å². The zero-order valence-corrected chi connectivity index (χ0v) is 20.2. The molecule has 2 aliphatic rings. The zero-order chi connectivity index (χ0) is 24.2. The van der Waals surface area contributed by atoms with Gasteiger partial charge in [0.1, 0.15) is 11.7 Å². The molecule has 4 rings (SSSR count). The van der Waals surface area contributed by atoms with E-state index in [1.54, 1.807) is 11.1 Å². The summed E-state index contributed by atoms with van der Waals surface area (Å²) in [5.41, 5.74) is 2.37. The molecule has 0 fully saturated rings. The number of amides is 1. The fraction of sp³-hybridized carbons (Fsp3) is 0.462. The molecule has 0 aliphatic carbocycles. The summed E-state index contributed by atoms with van der Waals surface area (Å²) < 4.78 is 17.3. The van der Waals surface area contributed by atoms with Gasteiger partial charge >= 0.3 is 0 Å². The minimum absolute atomic E-state index is 0.0299. The Morgan fingerprint density at radius 2 is 2.09 bits per heavy atom. The number of hydrogen-bond donors (Lipinski definition) is 1. The Morgan fingerprint density at radius 3 is 2.85 bits per heavy atom. The zero-order valence-electron chi connectivity index (χ0n) is 20.2. The molecular weight excluding hydrogens is 434 g/mol. The van der Waals surface area contributed by atoms with E-state index in [-0.39, 0.29) is 37.4 Å². The number of aliphatic hydroxyl groups excluding tert-OH is 1. The van der Waals surface area contributed by atoms with Gasteiger partial charge in [0.15, 0.2) is 11.5 Å². The van der Waals surface area contributed by atoms with Gasteiger partial charge in [0.2, 0.25) is 12.7 Å². The maximum absolute atomic E-state index is 13.4. The second kappa shape index (κ2) is 10.4. The number of hydrogen-bond acceptors (Lipinski definition) is 7. The smallest absolute Gasteiger partial charge is 0.259 e. The Morgan fingerprint density at radius 1 is 1.29 bits per heavy atom. The van der Waals surface area contributed by atoms with E-state index < -0.39 is 0 Å². The Kier molecular flexibility index (Phi) is 7.38. The number of fused-ring (bicyclic) bond motifs is 2. The number of carbonyl (C=O) groups excluding carboxylic acids is 1. The number of carbonyl (C=O) groups is 1. The van der Waals surface area contributed by atoms with E-state index in [9.17, 15) is 9.90 Å². The molecule has 2 aliphatic heterocycles. The van der Waals surface area contributed by atoms with Gasteiger partial charge in [-0.25, -0.2) is 4.98 Å². The van der Waals surface area contributed by atoms with E-state index >= 15 is 0 Å². The molecule has 8 heteroatoms. The Labute approximate surface area is 200 Å². The molecule has 0 saturated carbocycles. The second-order valence-corrected chi connectivity index (χ2v) is 9.13. The second-order valence-electron chi connectivity index (χ2n) is 9.13. The number of aromatic nitrogens is 1. The predicted molar refractivity (Wildman–Crippen MR) is 129 cm³/mol. The standard InChI is InChI=1S/C26H33N3O5/c1-5-6-19-9-21-25(27-11-19)34-24(17(2)12-29(26(21)31)18(3)15-30)14-28(4)13-20-7-8-22-23(10-20)33-16-32-22/h5-11,17-18,24,30H,12-16H2,1-4H3/t17-,18+,24+/m1/s1. The molecular formula is C26H33N3O5. The molecule has 0 radical (unpaired) electrons. The first-order valence-electron chi connectivity index (χ1n) is 11.7. The van der Waals surface area contributed by atoms with Crippen LogP contribution in [0.2, 0.25) is 0 Å². The molecule has 0 saturated heterocycles. The van der Waals surface area contributed by atoms with Crippen LogP contribution in [0.1, 0.15) is 42.3 Å². The average molecular weight is 468 g/mol. The molecule has 0 spiro atoms. The van der Waals surface area contributed by atoms with Crippen LogP contribution in [0.5, 0.6) is 17.4 Å². The van der Waals surface area contributed by atoms with Crippen molar-refractivity contribution in [2.45, 2.75) is 39.5 Å². The third-order valence-corrected chi connectivity index (χ3v) is 6.28. The highest BCUT2D eigenvalue weighted by atomic mass is 16.7. The highest BCUT2D eigenvalue weighted by Crippen LogP contribution is 2.33. The van der Waals surface area contributed by atoms with E-state index in [0.29, 0.717) is 31.1 Å². The van der Waals surface area contributed by atoms with Crippen LogP contribution in [0, 0.1) is 5.92 Å². The SMILES string of the molecule is CC=Cc1cnc2c(c1)C(=O)N([C@@H](C)CO)C[C@@H](C)[C@H](CN(C)Cc1ccc3c(c1)OCO3)O2. The Balaban J connectivity index is 1.57. The van der Waals surface area contributed by atoms with Gasteiger partial charge in [-0.05, 0) is 50.2 Å². The lowest BCUT2D eigenvalue weighted by Gasteiger charge is -2.37. The lowest BCUT2D eigenvalue weighted by atomic mass is 9.99. The highest BCUT2D eigenvalue weighted by molar-refractivity contribution is 5.97. The normalized spacial score (nSPS) is 20.8. The topological polar surface area (TPSA) is 84.4 Å². The third kappa shape index (κ3) is 5.18. The Hall–Kier alpha value is -3.10. The summed E-state index contributed by atoms with van der Waals surface area (Å²) in [5, 5.41) is 9.80. The molecule has 0 bridgehead atoms. The van der Waals surface area contributed by atoms with Gasteiger partial charge in [-0.3, -0.25) is 9.69 Å². The van der Waals surface area contributed by atoms with Crippen LogP contribution >= 0.6 is 0 Å². The van der Waals surface area contributed by atoms with Crippen molar-refractivity contribution < 1.29 is 24.1 Å². The molecule has 182 valence electrons. The van der Waals surface area contributed by atoms with Crippen LogP contribution in [0.25, 0.3) is 6.08 Å². The van der Waals surface area contributed by atoms with Gasteiger partial charge in [0.25, 0.3) is 5.91 Å². The van der Waals surface area contributed by atoms with Crippen molar-refractivity contribution in [1.82, 2.24) is 14.8 Å². The monoisotopic (exact) mass is 467 g/mol. The fourth-order valence-electron chi connectivity index (χ4n) is 4.34. The van der Waals surface area contributed by atoms with Crippen molar-refractivity contribution in [2.24, 2.45) is 5.92 Å². The molecule has 1 amide bonds. The molecule has 3 heterocycles. The van der Waals surface area contributed by atoms with Gasteiger partial charge in [-0.15, -0.1) is 0 Å². The predicted octanol–water partition coefficient (Wildman–Crippen LogP) is 3.20. The molecule has 2 aromatic rings. The first-order valence-corrected chi connectivity index (χ1v) is 11.7. The summed E-state index contributed by atoms with van der Waals surface area (Å²) in [6.45, 7) is 7.83. The van der Waals surface area contributed by atoms with Crippen LogP contribution < -0.4 is 14.2 Å². The molecule has 8 nitrogen and oxygen atoms in total. The summed E-state index contributed by atoms with van der Waals surface area (Å²) in [7, 11) is 2.04. The summed E-state index contributed by atoms with van der Waals surface area (Å²) in [5.74, 6) is 1.73. The van der Waals surface area contributed by atoms with Gasteiger partial charge in [-0.2, -0.15) is 0 Å². The lowest BCUT2D eigenvalue weighted by molar-refractivity contribution is 0.0325. The minimum atomic E-state index is -0.307. The fourth-order valence-corrected chi connectivity index (χ4v) is 4.34. The quantitative estimate of drug-likeness (QED) is 0.669. The van der Waals surface area contributed by atoms with Crippen LogP contribution in [-0.2, 0) is 6.54 Å². The number of allylic oxidation sites excluding steroid dienone is 1. The maximum atomic E-state index is 13.4. The summed E-state index contributed by atoms with van der Waals surface area (Å²) in [6.07, 6.45) is 5.32. The van der Waals surface area contributed by atoms with Gasteiger partial charge in [0.05, 0.1) is 12.6 Å². The number of rotatable bonds is 7. The first-order chi connectivity index (χ1) is 16.4. The van der Waals surface area contributed by atoms with E-state index in [1.165, 1.54) is 0 Å². The number of ether oxygens (including phenoxy) is 3. The number of likely N-dealkylation sites (N-methyl/N-ethyl adjacent to an activating group) is 1. The molecule has 3 atom stereocenters. The highest BCUT2D eigenvalue weighted by Gasteiger charge is 2.34. The first kappa shape index (κ1) is 24.0. The number of aliphatic hydroxyl groups is 1. The number of pyridine rings is 1. The van der Waals surface area contributed by atoms with Crippen molar-refractivity contribution in [3.8, 4) is 17.4 Å². The lowest BCUT2D eigenvalue weighted by Crippen LogP contribution is -2.49. The molecule has 34 heavy (non-hydrogen) atoms. The summed E-state index contributed by atoms with van der Waals surface area (Å²) in [6, 6.07) is 7.48. The maximum Gasteiger partial charge on any atom is 0.259 e. The van der Waals surface area contributed by atoms with E-state index in [1.807, 2.05) is 57.3 Å². The van der Waals surface area contributed by atoms with E-state index in [4.69, 9.17) is 14.2 Å². The molecule has 1 aromatic heterocycles. The van der Waals surface area contributed by atoms with Crippen molar-refractivity contribution in [3.63, 3.8) is 0 Å². The van der Waals surface area contributed by atoms with E-state index in [0.717, 1.165) is 22.6 Å². The van der Waals surface area contributed by atoms with Gasteiger partial charge in [0, 0.05) is 31.7 Å². The third-order valence-electron chi connectivity index (χ3n) is 6.28. The van der Waals surface area contributed by atoms with Gasteiger partial charge < -0.3 is 24.2 Å². The molecule has 1 aromatic carbocycles. The van der Waals surface area contributed by atoms with Crippen LogP contribution in [0.15, 0.2) is 36.5 Å². The number of nitrogens with zero attached hydrogens (tertiary/aromatic N) is 3. The van der Waals surface area contributed by atoms with Crippen molar-refractivity contribution >= 4 is 12.0 Å². The van der Waals surface area contributed by atoms with Crippen molar-refractivity contribution in [2.75, 3.05) is 33.5 Å². The largest absolute Gasteiger partial charge is 0.472 e. The average Bonchev–Trinajstić information content (AvgIpc) is 3.29. The summed E-state index contributed by atoms with van der Waals surface area (Å²) >= 11 is 0. The van der Waals surface area contributed by atoms with Crippen molar-refractivity contribution in [1.29, 1.82) is 0 Å². The van der Waals surface area contributed by atoms with Crippen LogP contribution in [-0.4, -0.2) is 71.5 Å². The summed E-state index contributed by atoms with van der Waals surface area (Å²) in [4.78, 5) is 21.8. The molecule has 0 unspecified atom stereocenters. The van der Waals surface area contributed by atoms with E-state index in [2.05, 4.69) is 16.8 Å². The molecule has 1 N–H and O–H groups in total. The van der Waals surface area contributed by atoms with Gasteiger partial charge in [-0.1, -0.05) is 25.1 Å².